The summed E-state index contributed by atoms with van der Waals surface area (Å²) in [7, 11) is 0. The molecule has 11 heteroatoms. The summed E-state index contributed by atoms with van der Waals surface area (Å²) < 4.78 is 80.0. The Balaban J connectivity index is 1.75. The van der Waals surface area contributed by atoms with Crippen LogP contribution >= 0.6 is 11.6 Å². The highest BCUT2D eigenvalue weighted by Crippen LogP contribution is 2.37. The number of anilines is 1. The molecule has 166 valence electrons. The van der Waals surface area contributed by atoms with Crippen LogP contribution in [-0.4, -0.2) is 11.9 Å². The molecule has 0 aromatic heterocycles. The summed E-state index contributed by atoms with van der Waals surface area (Å²) in [5, 5.41) is 3.10. The molecule has 0 bridgehead atoms. The van der Waals surface area contributed by atoms with E-state index in [1.54, 1.807) is 5.32 Å². The molecule has 3 aromatic carbocycles. The van der Waals surface area contributed by atoms with E-state index in [1.807, 2.05) is 5.32 Å². The summed E-state index contributed by atoms with van der Waals surface area (Å²) in [4.78, 5) is 23.8. The molecular formula is C21H11ClF6N2O2. The Kier molecular flexibility index (Phi) is 6.45. The maximum atomic E-state index is 14.4. The standard InChI is InChI=1S/C21H11ClF6N2O2/c22-13-8-10(4-6-12(13)21(26,27)28)11-5-7-17(16(25)9-11)29-20(32)30-19(31)18-14(23)2-1-3-15(18)24/h1-9H,(H2,29,30,31,32). The van der Waals surface area contributed by atoms with Gasteiger partial charge < -0.3 is 5.32 Å². The Hall–Kier alpha value is -3.53. The number of hydrogen-bond donors (Lipinski definition) is 2. The Morgan fingerprint density at radius 1 is 0.812 bits per heavy atom. The van der Waals surface area contributed by atoms with Crippen molar-refractivity contribution in [2.75, 3.05) is 5.32 Å². The maximum Gasteiger partial charge on any atom is 0.417 e. The van der Waals surface area contributed by atoms with Crippen molar-refractivity contribution in [3.8, 4) is 11.1 Å². The van der Waals surface area contributed by atoms with Gasteiger partial charge in [0.25, 0.3) is 5.91 Å². The van der Waals surface area contributed by atoms with E-state index in [4.69, 9.17) is 11.6 Å². The zero-order valence-electron chi connectivity index (χ0n) is 15.7. The van der Waals surface area contributed by atoms with Gasteiger partial charge in [-0.25, -0.2) is 18.0 Å². The molecule has 0 spiro atoms. The van der Waals surface area contributed by atoms with Crippen LogP contribution in [0, 0.1) is 17.5 Å². The molecule has 0 radical (unpaired) electrons. The first-order chi connectivity index (χ1) is 15.0. The molecular weight excluding hydrogens is 462 g/mol. The van der Waals surface area contributed by atoms with Crippen LogP contribution < -0.4 is 10.6 Å². The highest BCUT2D eigenvalue weighted by molar-refractivity contribution is 6.31. The molecule has 0 saturated carbocycles. The molecule has 3 rings (SSSR count). The van der Waals surface area contributed by atoms with Crippen LogP contribution in [0.4, 0.5) is 36.8 Å². The molecule has 32 heavy (non-hydrogen) atoms. The fraction of sp³-hybridized carbons (Fsp3) is 0.0476. The van der Waals surface area contributed by atoms with E-state index in [0.717, 1.165) is 48.5 Å². The first-order valence-corrected chi connectivity index (χ1v) is 9.08. The van der Waals surface area contributed by atoms with Crippen molar-refractivity contribution in [1.82, 2.24) is 5.32 Å². The minimum Gasteiger partial charge on any atom is -0.305 e. The number of imide groups is 1. The number of benzene rings is 3. The number of hydrogen-bond acceptors (Lipinski definition) is 2. The van der Waals surface area contributed by atoms with Crippen molar-refractivity contribution in [2.24, 2.45) is 0 Å². The van der Waals surface area contributed by atoms with Crippen molar-refractivity contribution in [3.05, 3.63) is 88.2 Å². The maximum absolute atomic E-state index is 14.4. The smallest absolute Gasteiger partial charge is 0.305 e. The van der Waals surface area contributed by atoms with Gasteiger partial charge in [0.15, 0.2) is 0 Å². The number of halogens is 7. The monoisotopic (exact) mass is 472 g/mol. The van der Waals surface area contributed by atoms with E-state index < -0.39 is 57.4 Å². The van der Waals surface area contributed by atoms with Crippen molar-refractivity contribution in [3.63, 3.8) is 0 Å². The third-order valence-corrected chi connectivity index (χ3v) is 4.55. The lowest BCUT2D eigenvalue weighted by atomic mass is 10.0. The van der Waals surface area contributed by atoms with Gasteiger partial charge in [-0.1, -0.05) is 29.8 Å². The summed E-state index contributed by atoms with van der Waals surface area (Å²) in [6.07, 6.45) is -4.65. The quantitative estimate of drug-likeness (QED) is 0.433. The van der Waals surface area contributed by atoms with Gasteiger partial charge in [0, 0.05) is 0 Å². The van der Waals surface area contributed by atoms with Crippen molar-refractivity contribution >= 4 is 29.2 Å². The molecule has 3 aromatic rings. The van der Waals surface area contributed by atoms with Gasteiger partial charge in [-0.15, -0.1) is 0 Å². The fourth-order valence-corrected chi connectivity index (χ4v) is 3.04. The Morgan fingerprint density at radius 2 is 1.41 bits per heavy atom. The number of carbonyl (C=O) groups is 2. The van der Waals surface area contributed by atoms with Crippen molar-refractivity contribution < 1.29 is 35.9 Å². The highest BCUT2D eigenvalue weighted by atomic mass is 35.5. The van der Waals surface area contributed by atoms with Gasteiger partial charge in [-0.3, -0.25) is 10.1 Å². The van der Waals surface area contributed by atoms with E-state index in [2.05, 4.69) is 0 Å². The van der Waals surface area contributed by atoms with E-state index in [-0.39, 0.29) is 11.1 Å². The third kappa shape index (κ3) is 5.02. The van der Waals surface area contributed by atoms with E-state index >= 15 is 0 Å². The molecule has 4 nitrogen and oxygen atoms in total. The summed E-state index contributed by atoms with van der Waals surface area (Å²) in [6, 6.07) is 7.58. The second-order valence-electron chi connectivity index (χ2n) is 6.39. The van der Waals surface area contributed by atoms with Crippen LogP contribution in [0.5, 0.6) is 0 Å². The van der Waals surface area contributed by atoms with Gasteiger partial charge >= 0.3 is 12.2 Å². The predicted octanol–water partition coefficient (Wildman–Crippen LogP) is 6.41. The lowest BCUT2D eigenvalue weighted by Crippen LogP contribution is -2.35. The summed E-state index contributed by atoms with van der Waals surface area (Å²) >= 11 is 5.66. The normalized spacial score (nSPS) is 11.2. The van der Waals surface area contributed by atoms with Crippen LogP contribution in [0.25, 0.3) is 11.1 Å². The molecule has 0 heterocycles. The molecule has 0 aliphatic rings. The number of urea groups is 1. The number of nitrogens with one attached hydrogen (secondary N) is 2. The highest BCUT2D eigenvalue weighted by Gasteiger charge is 2.33. The average Bonchev–Trinajstić information content (AvgIpc) is 2.68. The topological polar surface area (TPSA) is 58.2 Å². The summed E-state index contributed by atoms with van der Waals surface area (Å²) in [5.74, 6) is -4.75. The van der Waals surface area contributed by atoms with Crippen LogP contribution in [0.1, 0.15) is 15.9 Å². The van der Waals surface area contributed by atoms with Crippen molar-refractivity contribution in [2.45, 2.75) is 6.18 Å². The van der Waals surface area contributed by atoms with Gasteiger partial charge in [0.2, 0.25) is 0 Å². The molecule has 0 aliphatic heterocycles. The second-order valence-corrected chi connectivity index (χ2v) is 6.80. The van der Waals surface area contributed by atoms with Gasteiger partial charge in [0.1, 0.15) is 23.0 Å². The van der Waals surface area contributed by atoms with Crippen LogP contribution in [0.2, 0.25) is 5.02 Å². The zero-order valence-corrected chi connectivity index (χ0v) is 16.4. The number of amides is 3. The Labute approximate surface area is 181 Å². The molecule has 0 saturated heterocycles. The zero-order chi connectivity index (χ0) is 23.6. The van der Waals surface area contributed by atoms with E-state index in [9.17, 15) is 35.9 Å². The second kappa shape index (κ2) is 8.91. The minimum absolute atomic E-state index is 0.161. The Bertz CT molecular complexity index is 1190. The average molecular weight is 473 g/mol. The number of rotatable bonds is 3. The Morgan fingerprint density at radius 3 is 1.97 bits per heavy atom. The van der Waals surface area contributed by atoms with Crippen molar-refractivity contribution in [1.29, 1.82) is 0 Å². The molecule has 0 unspecified atom stereocenters. The number of carbonyl (C=O) groups excluding carboxylic acids is 2. The predicted molar refractivity (Wildman–Crippen MR) is 105 cm³/mol. The largest absolute Gasteiger partial charge is 0.417 e. The van der Waals surface area contributed by atoms with Crippen LogP contribution in [0.3, 0.4) is 0 Å². The van der Waals surface area contributed by atoms with E-state index in [0.29, 0.717) is 0 Å². The first kappa shape index (κ1) is 23.1. The van der Waals surface area contributed by atoms with Gasteiger partial charge in [-0.05, 0) is 47.5 Å². The minimum atomic E-state index is -4.65. The summed E-state index contributed by atoms with van der Waals surface area (Å²) in [6.45, 7) is 0. The lowest BCUT2D eigenvalue weighted by molar-refractivity contribution is -0.137. The third-order valence-electron chi connectivity index (χ3n) is 4.24. The first-order valence-electron chi connectivity index (χ1n) is 8.70. The molecule has 0 atom stereocenters. The molecule has 0 fully saturated rings. The van der Waals surface area contributed by atoms with Gasteiger partial charge in [0.05, 0.1) is 16.3 Å². The van der Waals surface area contributed by atoms with Crippen LogP contribution in [0.15, 0.2) is 54.6 Å². The van der Waals surface area contributed by atoms with Gasteiger partial charge in [-0.2, -0.15) is 13.2 Å². The fourth-order valence-electron chi connectivity index (χ4n) is 2.75. The van der Waals surface area contributed by atoms with Crippen LogP contribution in [-0.2, 0) is 6.18 Å². The van der Waals surface area contributed by atoms with E-state index in [1.165, 1.54) is 6.07 Å². The molecule has 0 aliphatic carbocycles. The summed E-state index contributed by atoms with van der Waals surface area (Å²) in [5.41, 5.74) is -2.09. The SMILES string of the molecule is O=C(NC(=O)c1c(F)cccc1F)Nc1ccc(-c2ccc(C(F)(F)F)c(Cl)c2)cc1F. The molecule has 2 N–H and O–H groups in total. The molecule has 3 amide bonds. The lowest BCUT2D eigenvalue weighted by Gasteiger charge is -2.12. The number of alkyl halides is 3.